The third kappa shape index (κ3) is 2.94. The zero-order valence-corrected chi connectivity index (χ0v) is 12.1. The zero-order valence-electron chi connectivity index (χ0n) is 12.1. The van der Waals surface area contributed by atoms with Crippen LogP contribution in [0, 0.1) is 6.92 Å². The van der Waals surface area contributed by atoms with E-state index in [9.17, 15) is 18.0 Å². The Bertz CT molecular complexity index is 932. The van der Waals surface area contributed by atoms with Crippen LogP contribution in [0.4, 0.5) is 13.2 Å². The second-order valence-electron chi connectivity index (χ2n) is 5.21. The lowest BCUT2D eigenvalue weighted by Gasteiger charge is -2.10. The summed E-state index contributed by atoms with van der Waals surface area (Å²) >= 11 is 0. The number of hydrogen-bond acceptors (Lipinski definition) is 3. The van der Waals surface area contributed by atoms with Crippen molar-refractivity contribution in [1.82, 2.24) is 14.5 Å². The number of hydrogen-bond donors (Lipinski definition) is 0. The van der Waals surface area contributed by atoms with Crippen molar-refractivity contribution in [3.63, 3.8) is 0 Å². The molecule has 2 aromatic heterocycles. The molecule has 2 heterocycles. The van der Waals surface area contributed by atoms with Crippen LogP contribution in [0.2, 0.25) is 0 Å². The fourth-order valence-corrected chi connectivity index (χ4v) is 2.31. The Morgan fingerprint density at radius 3 is 2.70 bits per heavy atom. The Labute approximate surface area is 129 Å². The number of fused-ring (bicyclic) bond motifs is 1. The molecule has 4 nitrogen and oxygen atoms in total. The third-order valence-corrected chi connectivity index (χ3v) is 3.63. The van der Waals surface area contributed by atoms with Crippen molar-refractivity contribution in [2.24, 2.45) is 0 Å². The van der Waals surface area contributed by atoms with Gasteiger partial charge in [0.05, 0.1) is 29.3 Å². The van der Waals surface area contributed by atoms with Crippen LogP contribution in [0.1, 0.15) is 16.7 Å². The lowest BCUT2D eigenvalue weighted by molar-refractivity contribution is -0.137. The Hall–Kier alpha value is -2.70. The van der Waals surface area contributed by atoms with Gasteiger partial charge >= 0.3 is 6.18 Å². The van der Waals surface area contributed by atoms with Crippen molar-refractivity contribution in [2.75, 3.05) is 0 Å². The van der Waals surface area contributed by atoms with Crippen molar-refractivity contribution in [3.8, 4) is 0 Å². The van der Waals surface area contributed by atoms with E-state index in [4.69, 9.17) is 0 Å². The SMILES string of the molecule is Cc1cnccc1Cn1cnc2cc(C(F)(F)F)ccc2c1=O. The van der Waals surface area contributed by atoms with E-state index in [-0.39, 0.29) is 23.0 Å². The summed E-state index contributed by atoms with van der Waals surface area (Å²) < 4.78 is 39.5. The summed E-state index contributed by atoms with van der Waals surface area (Å²) in [7, 11) is 0. The molecule has 0 fully saturated rings. The Morgan fingerprint density at radius 2 is 2.00 bits per heavy atom. The van der Waals surface area contributed by atoms with Crippen molar-refractivity contribution >= 4 is 10.9 Å². The topological polar surface area (TPSA) is 47.8 Å². The number of alkyl halides is 3. The van der Waals surface area contributed by atoms with Gasteiger partial charge in [-0.05, 0) is 42.3 Å². The average molecular weight is 319 g/mol. The minimum Gasteiger partial charge on any atom is -0.294 e. The molecule has 0 unspecified atom stereocenters. The van der Waals surface area contributed by atoms with Crippen LogP contribution in [-0.4, -0.2) is 14.5 Å². The summed E-state index contributed by atoms with van der Waals surface area (Å²) in [5.74, 6) is 0. The summed E-state index contributed by atoms with van der Waals surface area (Å²) in [6.45, 7) is 2.16. The van der Waals surface area contributed by atoms with Gasteiger partial charge in [0.25, 0.3) is 5.56 Å². The van der Waals surface area contributed by atoms with Gasteiger partial charge < -0.3 is 0 Å². The van der Waals surface area contributed by atoms with Gasteiger partial charge in [0.15, 0.2) is 0 Å². The maximum atomic E-state index is 12.7. The van der Waals surface area contributed by atoms with Crippen LogP contribution in [0.5, 0.6) is 0 Å². The van der Waals surface area contributed by atoms with E-state index in [1.165, 1.54) is 17.0 Å². The number of halogens is 3. The van der Waals surface area contributed by atoms with Gasteiger partial charge in [-0.1, -0.05) is 0 Å². The normalized spacial score (nSPS) is 11.8. The van der Waals surface area contributed by atoms with Gasteiger partial charge in [0.2, 0.25) is 0 Å². The molecule has 0 spiro atoms. The maximum Gasteiger partial charge on any atom is 0.416 e. The third-order valence-electron chi connectivity index (χ3n) is 3.63. The Kier molecular flexibility index (Phi) is 3.63. The Balaban J connectivity index is 2.06. The van der Waals surface area contributed by atoms with Crippen LogP contribution in [0.3, 0.4) is 0 Å². The second-order valence-corrected chi connectivity index (χ2v) is 5.21. The first-order chi connectivity index (χ1) is 10.9. The summed E-state index contributed by atoms with van der Waals surface area (Å²) in [4.78, 5) is 20.4. The van der Waals surface area contributed by atoms with Gasteiger partial charge in [-0.15, -0.1) is 0 Å². The highest BCUT2D eigenvalue weighted by Gasteiger charge is 2.30. The molecule has 1 aromatic carbocycles. The maximum absolute atomic E-state index is 12.7. The molecule has 0 radical (unpaired) electrons. The highest BCUT2D eigenvalue weighted by atomic mass is 19.4. The predicted octanol–water partition coefficient (Wildman–Crippen LogP) is 3.17. The number of aryl methyl sites for hydroxylation is 1. The van der Waals surface area contributed by atoms with Crippen LogP contribution in [0.15, 0.2) is 47.8 Å². The first-order valence-electron chi connectivity index (χ1n) is 6.82. The van der Waals surface area contributed by atoms with E-state index in [1.54, 1.807) is 18.5 Å². The molecule has 0 aliphatic heterocycles. The van der Waals surface area contributed by atoms with E-state index in [2.05, 4.69) is 9.97 Å². The predicted molar refractivity (Wildman–Crippen MR) is 79.1 cm³/mol. The minimum atomic E-state index is -4.46. The van der Waals surface area contributed by atoms with Gasteiger partial charge in [0.1, 0.15) is 0 Å². The first-order valence-corrected chi connectivity index (χ1v) is 6.82. The molecular formula is C16H12F3N3O. The lowest BCUT2D eigenvalue weighted by atomic mass is 10.1. The monoisotopic (exact) mass is 319 g/mol. The zero-order chi connectivity index (χ0) is 16.6. The molecule has 3 rings (SSSR count). The molecule has 0 amide bonds. The molecule has 0 bridgehead atoms. The van der Waals surface area contributed by atoms with Gasteiger partial charge in [0, 0.05) is 12.4 Å². The minimum absolute atomic E-state index is 0.0347. The summed E-state index contributed by atoms with van der Waals surface area (Å²) in [6.07, 6.45) is 0.117. The molecule has 23 heavy (non-hydrogen) atoms. The van der Waals surface area contributed by atoms with Crippen LogP contribution >= 0.6 is 0 Å². The smallest absolute Gasteiger partial charge is 0.294 e. The largest absolute Gasteiger partial charge is 0.416 e. The van der Waals surface area contributed by atoms with E-state index in [0.29, 0.717) is 0 Å². The van der Waals surface area contributed by atoms with E-state index >= 15 is 0 Å². The number of rotatable bonds is 2. The quantitative estimate of drug-likeness (QED) is 0.729. The summed E-state index contributed by atoms with van der Waals surface area (Å²) in [6, 6.07) is 4.74. The number of nitrogens with zero attached hydrogens (tertiary/aromatic N) is 3. The van der Waals surface area contributed by atoms with Gasteiger partial charge in [-0.3, -0.25) is 14.3 Å². The summed E-state index contributed by atoms with van der Waals surface area (Å²) in [5, 5.41) is 0.159. The standard InChI is InChI=1S/C16H12F3N3O/c1-10-7-20-5-4-11(10)8-22-9-21-14-6-12(16(17,18)19)2-3-13(14)15(22)23/h2-7,9H,8H2,1H3. The van der Waals surface area contributed by atoms with Gasteiger partial charge in [-0.25, -0.2) is 4.98 Å². The van der Waals surface area contributed by atoms with Crippen LogP contribution in [-0.2, 0) is 12.7 Å². The molecule has 0 saturated carbocycles. The fraction of sp³-hybridized carbons (Fsp3) is 0.188. The first kappa shape index (κ1) is 15.2. The second kappa shape index (κ2) is 5.49. The molecule has 0 aliphatic rings. The molecule has 7 heteroatoms. The summed E-state index contributed by atoms with van der Waals surface area (Å²) in [5.41, 5.74) is 0.661. The average Bonchev–Trinajstić information content (AvgIpc) is 2.51. The lowest BCUT2D eigenvalue weighted by Crippen LogP contribution is -2.22. The number of benzene rings is 1. The molecule has 0 N–H and O–H groups in total. The van der Waals surface area contributed by atoms with Crippen molar-refractivity contribution in [2.45, 2.75) is 19.6 Å². The molecule has 3 aromatic rings. The van der Waals surface area contributed by atoms with E-state index < -0.39 is 11.7 Å². The Morgan fingerprint density at radius 1 is 1.22 bits per heavy atom. The highest BCUT2D eigenvalue weighted by Crippen LogP contribution is 2.30. The van der Waals surface area contributed by atoms with Crippen molar-refractivity contribution in [3.05, 3.63) is 70.0 Å². The van der Waals surface area contributed by atoms with E-state index in [0.717, 1.165) is 23.3 Å². The molecule has 0 saturated heterocycles. The van der Waals surface area contributed by atoms with Crippen LogP contribution in [0.25, 0.3) is 10.9 Å². The molecule has 118 valence electrons. The van der Waals surface area contributed by atoms with Crippen molar-refractivity contribution < 1.29 is 13.2 Å². The van der Waals surface area contributed by atoms with Crippen molar-refractivity contribution in [1.29, 1.82) is 0 Å². The molecule has 0 aliphatic carbocycles. The number of pyridine rings is 1. The number of aromatic nitrogens is 3. The highest BCUT2D eigenvalue weighted by molar-refractivity contribution is 5.78. The van der Waals surface area contributed by atoms with Crippen LogP contribution < -0.4 is 5.56 Å². The molecular weight excluding hydrogens is 307 g/mol. The molecule has 0 atom stereocenters. The van der Waals surface area contributed by atoms with E-state index in [1.807, 2.05) is 6.92 Å². The fourth-order valence-electron chi connectivity index (χ4n) is 2.31. The van der Waals surface area contributed by atoms with Gasteiger partial charge in [-0.2, -0.15) is 13.2 Å².